The van der Waals surface area contributed by atoms with Crippen molar-refractivity contribution < 1.29 is 19.0 Å². The maximum absolute atomic E-state index is 15.1. The van der Waals surface area contributed by atoms with Gasteiger partial charge in [-0.15, -0.1) is 0 Å². The molecule has 0 aliphatic heterocycles. The summed E-state index contributed by atoms with van der Waals surface area (Å²) in [6.07, 6.45) is 7.09. The minimum atomic E-state index is -0.432. The lowest BCUT2D eigenvalue weighted by Gasteiger charge is -2.29. The summed E-state index contributed by atoms with van der Waals surface area (Å²) < 4.78 is 20.3. The van der Waals surface area contributed by atoms with Gasteiger partial charge in [-0.05, 0) is 62.3 Å². The van der Waals surface area contributed by atoms with E-state index in [2.05, 4.69) is 10.3 Å². The quantitative estimate of drug-likeness (QED) is 0.457. The molecule has 5 rings (SSSR count). The first-order valence-electron chi connectivity index (χ1n) is 11.5. The number of carbonyl (C=O) groups excluding carboxylic acids is 1. The van der Waals surface area contributed by atoms with E-state index in [-0.39, 0.29) is 35.3 Å². The van der Waals surface area contributed by atoms with E-state index in [9.17, 15) is 9.90 Å². The summed E-state index contributed by atoms with van der Waals surface area (Å²) in [6, 6.07) is 8.28. The summed E-state index contributed by atoms with van der Waals surface area (Å²) in [5.41, 5.74) is 8.79. The second-order valence-corrected chi connectivity index (χ2v) is 9.18. The fourth-order valence-electron chi connectivity index (χ4n) is 4.66. The predicted molar refractivity (Wildman–Crippen MR) is 126 cm³/mol. The Morgan fingerprint density at radius 2 is 1.91 bits per heavy atom. The van der Waals surface area contributed by atoms with Crippen molar-refractivity contribution >= 4 is 22.4 Å². The summed E-state index contributed by atoms with van der Waals surface area (Å²) in [7, 11) is 1.45. The number of ether oxygens (including phenoxy) is 1. The molecule has 7 heteroatoms. The van der Waals surface area contributed by atoms with Crippen LogP contribution in [0.2, 0.25) is 0 Å². The molecule has 0 amide bonds. The first-order valence-corrected chi connectivity index (χ1v) is 11.5. The van der Waals surface area contributed by atoms with Crippen molar-refractivity contribution in [2.45, 2.75) is 50.6 Å². The second-order valence-electron chi connectivity index (χ2n) is 9.18. The highest BCUT2D eigenvalue weighted by atomic mass is 19.1. The number of nitrogens with one attached hydrogen (secondary N) is 1. The summed E-state index contributed by atoms with van der Waals surface area (Å²) in [6.45, 7) is 0. The Balaban J connectivity index is 1.64. The van der Waals surface area contributed by atoms with E-state index in [1.165, 1.54) is 19.2 Å². The zero-order chi connectivity index (χ0) is 23.1. The largest absolute Gasteiger partial charge is 0.504 e. The Labute approximate surface area is 192 Å². The molecule has 6 nitrogen and oxygen atoms in total. The maximum Gasteiger partial charge on any atom is 0.169 e. The topological polar surface area (TPSA) is 97.5 Å². The van der Waals surface area contributed by atoms with Gasteiger partial charge in [0, 0.05) is 41.2 Å². The van der Waals surface area contributed by atoms with Crippen LogP contribution in [0.4, 0.5) is 10.1 Å². The number of benzene rings is 2. The van der Waals surface area contributed by atoms with Gasteiger partial charge in [-0.25, -0.2) is 4.39 Å². The van der Waals surface area contributed by atoms with Gasteiger partial charge in [0.05, 0.1) is 23.9 Å². The predicted octanol–water partition coefficient (Wildman–Crippen LogP) is 5.03. The van der Waals surface area contributed by atoms with Crippen LogP contribution in [0.5, 0.6) is 11.5 Å². The molecule has 172 valence electrons. The van der Waals surface area contributed by atoms with Crippen LogP contribution >= 0.6 is 0 Å². The van der Waals surface area contributed by atoms with Gasteiger partial charge in [0.25, 0.3) is 0 Å². The Hall–Kier alpha value is -3.19. The standard InChI is InChI=1S/C26H28FN3O3/c1-33-24-10-15(4-9-23(24)31)18-11-19-22(12-21(18)27)29-13-20(26(32)14-2-3-14)25(19)30-17-7-5-16(28)6-8-17/h4,9-14,16-17,31H,2-3,5-8,28H2,1H3,(H,29,30)/t16-,17-. The number of Topliss-reactive ketones (excluding diaryl/α,β-unsaturated/α-hetero) is 1. The average molecular weight is 450 g/mol. The van der Waals surface area contributed by atoms with Crippen molar-refractivity contribution in [2.75, 3.05) is 12.4 Å². The number of carbonyl (C=O) groups is 1. The zero-order valence-electron chi connectivity index (χ0n) is 18.6. The van der Waals surface area contributed by atoms with Crippen LogP contribution in [0, 0.1) is 11.7 Å². The van der Waals surface area contributed by atoms with Gasteiger partial charge < -0.3 is 20.9 Å². The molecule has 2 aliphatic rings. The number of methoxy groups -OCH3 is 1. The number of ketones is 1. The molecule has 0 unspecified atom stereocenters. The molecular formula is C26H28FN3O3. The SMILES string of the molecule is COc1cc(-c2cc3c(N[C@H]4CC[C@H](N)CC4)c(C(=O)C4CC4)cnc3cc2F)ccc1O. The van der Waals surface area contributed by atoms with E-state index in [4.69, 9.17) is 10.5 Å². The smallest absolute Gasteiger partial charge is 0.169 e. The second kappa shape index (κ2) is 8.63. The third-order valence-electron chi connectivity index (χ3n) is 6.78. The molecule has 3 aromatic rings. The van der Waals surface area contributed by atoms with Crippen molar-refractivity contribution in [1.29, 1.82) is 0 Å². The third-order valence-corrected chi connectivity index (χ3v) is 6.78. The van der Waals surface area contributed by atoms with E-state index < -0.39 is 5.82 Å². The number of rotatable bonds is 6. The highest BCUT2D eigenvalue weighted by Gasteiger charge is 2.33. The van der Waals surface area contributed by atoms with Gasteiger partial charge in [0.2, 0.25) is 0 Å². The molecule has 2 fully saturated rings. The molecule has 0 atom stereocenters. The number of aromatic nitrogens is 1. The number of aromatic hydroxyl groups is 1. The number of phenols is 1. The number of hydrogen-bond acceptors (Lipinski definition) is 6. The van der Waals surface area contributed by atoms with Crippen molar-refractivity contribution in [3.63, 3.8) is 0 Å². The lowest BCUT2D eigenvalue weighted by atomic mass is 9.91. The summed E-state index contributed by atoms with van der Waals surface area (Å²) in [4.78, 5) is 17.5. The lowest BCUT2D eigenvalue weighted by Crippen LogP contribution is -2.33. The van der Waals surface area contributed by atoms with Crippen molar-refractivity contribution in [1.82, 2.24) is 4.98 Å². The van der Waals surface area contributed by atoms with E-state index in [1.54, 1.807) is 24.4 Å². The fraction of sp³-hybridized carbons (Fsp3) is 0.385. The van der Waals surface area contributed by atoms with E-state index >= 15 is 4.39 Å². The maximum atomic E-state index is 15.1. The highest BCUT2D eigenvalue weighted by molar-refractivity contribution is 6.10. The van der Waals surface area contributed by atoms with Crippen LogP contribution in [0.25, 0.3) is 22.0 Å². The van der Waals surface area contributed by atoms with Gasteiger partial charge in [0.15, 0.2) is 17.3 Å². The van der Waals surface area contributed by atoms with Crippen LogP contribution in [0.15, 0.2) is 36.5 Å². The molecule has 1 aromatic heterocycles. The Morgan fingerprint density at radius 3 is 2.61 bits per heavy atom. The number of halogens is 1. The molecule has 0 bridgehead atoms. The van der Waals surface area contributed by atoms with E-state index in [0.29, 0.717) is 27.6 Å². The monoisotopic (exact) mass is 449 g/mol. The summed E-state index contributed by atoms with van der Waals surface area (Å²) in [5, 5.41) is 14.2. The number of hydrogen-bond donors (Lipinski definition) is 3. The Kier molecular flexibility index (Phi) is 5.66. The lowest BCUT2D eigenvalue weighted by molar-refractivity contribution is 0.0968. The van der Waals surface area contributed by atoms with Gasteiger partial charge in [-0.2, -0.15) is 0 Å². The number of phenolic OH excluding ortho intramolecular Hbond substituents is 1. The summed E-state index contributed by atoms with van der Waals surface area (Å²) >= 11 is 0. The molecule has 2 aromatic carbocycles. The molecule has 0 radical (unpaired) electrons. The molecule has 4 N–H and O–H groups in total. The van der Waals surface area contributed by atoms with Crippen LogP contribution < -0.4 is 15.8 Å². The van der Waals surface area contributed by atoms with Crippen LogP contribution in [0.1, 0.15) is 48.9 Å². The first-order chi connectivity index (χ1) is 15.9. The van der Waals surface area contributed by atoms with Gasteiger partial charge >= 0.3 is 0 Å². The third kappa shape index (κ3) is 4.25. The zero-order valence-corrected chi connectivity index (χ0v) is 18.6. The molecule has 1 heterocycles. The molecule has 0 saturated heterocycles. The average Bonchev–Trinajstić information content (AvgIpc) is 3.66. The number of fused-ring (bicyclic) bond motifs is 1. The van der Waals surface area contributed by atoms with Crippen molar-refractivity contribution in [2.24, 2.45) is 11.7 Å². The summed E-state index contributed by atoms with van der Waals surface area (Å²) in [5.74, 6) is -0.0417. The Morgan fingerprint density at radius 1 is 1.15 bits per heavy atom. The normalized spacial score (nSPS) is 20.6. The minimum absolute atomic E-state index is 0.0145. The number of nitrogens with zero attached hydrogens (tertiary/aromatic N) is 1. The van der Waals surface area contributed by atoms with E-state index in [0.717, 1.165) is 44.2 Å². The molecule has 33 heavy (non-hydrogen) atoms. The van der Waals surface area contributed by atoms with Gasteiger partial charge in [-0.1, -0.05) is 6.07 Å². The number of nitrogens with two attached hydrogens (primary N) is 1. The Bertz CT molecular complexity index is 1220. The highest BCUT2D eigenvalue weighted by Crippen LogP contribution is 2.40. The molecule has 2 saturated carbocycles. The van der Waals surface area contributed by atoms with Crippen molar-refractivity contribution in [3.05, 3.63) is 47.9 Å². The minimum Gasteiger partial charge on any atom is -0.504 e. The molecule has 0 spiro atoms. The fourth-order valence-corrected chi connectivity index (χ4v) is 4.66. The molecule has 2 aliphatic carbocycles. The number of pyridine rings is 1. The number of anilines is 1. The van der Waals surface area contributed by atoms with E-state index in [1.807, 2.05) is 0 Å². The van der Waals surface area contributed by atoms with Crippen LogP contribution in [0.3, 0.4) is 0 Å². The van der Waals surface area contributed by atoms with Gasteiger partial charge in [-0.3, -0.25) is 9.78 Å². The first kappa shape index (κ1) is 21.6. The van der Waals surface area contributed by atoms with Crippen LogP contribution in [-0.4, -0.2) is 35.1 Å². The van der Waals surface area contributed by atoms with Gasteiger partial charge in [0.1, 0.15) is 5.82 Å². The molecular weight excluding hydrogens is 421 g/mol. The van der Waals surface area contributed by atoms with Crippen molar-refractivity contribution in [3.8, 4) is 22.6 Å². The van der Waals surface area contributed by atoms with Crippen LogP contribution in [-0.2, 0) is 0 Å².